The lowest BCUT2D eigenvalue weighted by atomic mass is 9.74. The molecule has 0 radical (unpaired) electrons. The minimum atomic E-state index is 0.658. The molecule has 0 saturated heterocycles. The van der Waals surface area contributed by atoms with E-state index in [0.29, 0.717) is 6.04 Å². The third kappa shape index (κ3) is 3.59. The summed E-state index contributed by atoms with van der Waals surface area (Å²) in [6.45, 7) is 11.2. The third-order valence-electron chi connectivity index (χ3n) is 4.69. The second kappa shape index (κ2) is 6.56. The van der Waals surface area contributed by atoms with Crippen LogP contribution < -0.4 is 5.32 Å². The minimum absolute atomic E-state index is 0.658. The van der Waals surface area contributed by atoms with Gasteiger partial charge in [-0.1, -0.05) is 27.2 Å². The standard InChI is InChI=1S/C16H29N3/c1-5-19-9-8-17-16(19)11-18-15-10-13(4)6-7-14(15)12(2)3/h8-9,12-15,18H,5-7,10-11H2,1-4H3. The lowest BCUT2D eigenvalue weighted by molar-refractivity contribution is 0.168. The van der Waals surface area contributed by atoms with Gasteiger partial charge < -0.3 is 9.88 Å². The maximum Gasteiger partial charge on any atom is 0.122 e. The monoisotopic (exact) mass is 263 g/mol. The number of rotatable bonds is 5. The van der Waals surface area contributed by atoms with Gasteiger partial charge in [0.1, 0.15) is 5.82 Å². The fourth-order valence-corrected chi connectivity index (χ4v) is 3.45. The van der Waals surface area contributed by atoms with Crippen LogP contribution in [0.25, 0.3) is 0 Å². The van der Waals surface area contributed by atoms with Gasteiger partial charge in [0.05, 0.1) is 6.54 Å². The molecule has 108 valence electrons. The van der Waals surface area contributed by atoms with Gasteiger partial charge in [-0.3, -0.25) is 0 Å². The molecule has 1 aromatic heterocycles. The molecule has 1 saturated carbocycles. The zero-order valence-electron chi connectivity index (χ0n) is 12.9. The second-order valence-electron chi connectivity index (χ2n) is 6.44. The Hall–Kier alpha value is -0.830. The van der Waals surface area contributed by atoms with Gasteiger partial charge in [-0.2, -0.15) is 0 Å². The maximum absolute atomic E-state index is 4.46. The Kier molecular flexibility index (Phi) is 5.03. The van der Waals surface area contributed by atoms with E-state index in [4.69, 9.17) is 0 Å². The number of hydrogen-bond donors (Lipinski definition) is 1. The van der Waals surface area contributed by atoms with Crippen molar-refractivity contribution >= 4 is 0 Å². The van der Waals surface area contributed by atoms with E-state index >= 15 is 0 Å². The lowest BCUT2D eigenvalue weighted by Gasteiger charge is -2.38. The Morgan fingerprint density at radius 2 is 2.21 bits per heavy atom. The summed E-state index contributed by atoms with van der Waals surface area (Å²) < 4.78 is 2.23. The molecule has 3 nitrogen and oxygen atoms in total. The summed E-state index contributed by atoms with van der Waals surface area (Å²) in [7, 11) is 0. The molecule has 0 bridgehead atoms. The molecule has 1 aromatic rings. The summed E-state index contributed by atoms with van der Waals surface area (Å²) in [4.78, 5) is 4.46. The SMILES string of the molecule is CCn1ccnc1CNC1CC(C)CCC1C(C)C. The van der Waals surface area contributed by atoms with Crippen LogP contribution in [0, 0.1) is 17.8 Å². The number of aromatic nitrogens is 2. The van der Waals surface area contributed by atoms with Crippen LogP contribution >= 0.6 is 0 Å². The predicted octanol–water partition coefficient (Wildman–Crippen LogP) is 3.45. The van der Waals surface area contributed by atoms with Gasteiger partial charge in [-0.25, -0.2) is 4.98 Å². The third-order valence-corrected chi connectivity index (χ3v) is 4.69. The number of nitrogens with zero attached hydrogens (tertiary/aromatic N) is 2. The van der Waals surface area contributed by atoms with E-state index in [1.54, 1.807) is 0 Å². The molecule has 1 aliphatic carbocycles. The van der Waals surface area contributed by atoms with Crippen molar-refractivity contribution in [3.63, 3.8) is 0 Å². The van der Waals surface area contributed by atoms with Crippen molar-refractivity contribution in [2.75, 3.05) is 0 Å². The second-order valence-corrected chi connectivity index (χ2v) is 6.44. The van der Waals surface area contributed by atoms with E-state index < -0.39 is 0 Å². The smallest absolute Gasteiger partial charge is 0.122 e. The van der Waals surface area contributed by atoms with Crippen molar-refractivity contribution in [3.8, 4) is 0 Å². The van der Waals surface area contributed by atoms with Crippen LogP contribution in [0.4, 0.5) is 0 Å². The Balaban J connectivity index is 1.95. The quantitative estimate of drug-likeness (QED) is 0.881. The van der Waals surface area contributed by atoms with E-state index in [2.05, 4.69) is 48.8 Å². The molecular formula is C16H29N3. The van der Waals surface area contributed by atoms with E-state index in [0.717, 1.165) is 30.8 Å². The molecule has 0 aliphatic heterocycles. The summed E-state index contributed by atoms with van der Waals surface area (Å²) in [5, 5.41) is 3.78. The van der Waals surface area contributed by atoms with Gasteiger partial charge >= 0.3 is 0 Å². The van der Waals surface area contributed by atoms with E-state index in [9.17, 15) is 0 Å². The molecular weight excluding hydrogens is 234 g/mol. The first kappa shape index (κ1) is 14.6. The van der Waals surface area contributed by atoms with Crippen LogP contribution in [-0.4, -0.2) is 15.6 Å². The van der Waals surface area contributed by atoms with Crippen molar-refractivity contribution in [2.45, 2.75) is 66.1 Å². The highest BCUT2D eigenvalue weighted by atomic mass is 15.1. The zero-order chi connectivity index (χ0) is 13.8. The number of hydrogen-bond acceptors (Lipinski definition) is 2. The fourth-order valence-electron chi connectivity index (χ4n) is 3.45. The van der Waals surface area contributed by atoms with Crippen molar-refractivity contribution in [1.82, 2.24) is 14.9 Å². The van der Waals surface area contributed by atoms with Gasteiger partial charge in [-0.15, -0.1) is 0 Å². The fraction of sp³-hybridized carbons (Fsp3) is 0.812. The molecule has 0 spiro atoms. The summed E-state index contributed by atoms with van der Waals surface area (Å²) in [5.41, 5.74) is 0. The van der Waals surface area contributed by atoms with Gasteiger partial charge in [0.25, 0.3) is 0 Å². The van der Waals surface area contributed by atoms with Crippen molar-refractivity contribution in [3.05, 3.63) is 18.2 Å². The maximum atomic E-state index is 4.46. The summed E-state index contributed by atoms with van der Waals surface area (Å²) >= 11 is 0. The average Bonchev–Trinajstić information content (AvgIpc) is 2.83. The average molecular weight is 263 g/mol. The number of nitrogens with one attached hydrogen (secondary N) is 1. The first-order valence-corrected chi connectivity index (χ1v) is 7.85. The van der Waals surface area contributed by atoms with Gasteiger partial charge in [0.15, 0.2) is 0 Å². The summed E-state index contributed by atoms with van der Waals surface area (Å²) in [6, 6.07) is 0.658. The normalized spacial score (nSPS) is 27.9. The van der Waals surface area contributed by atoms with E-state index in [-0.39, 0.29) is 0 Å². The lowest BCUT2D eigenvalue weighted by Crippen LogP contribution is -2.42. The van der Waals surface area contributed by atoms with Crippen LogP contribution in [0.15, 0.2) is 12.4 Å². The van der Waals surface area contributed by atoms with Gasteiger partial charge in [0, 0.05) is 25.0 Å². The Bertz CT molecular complexity index is 383. The molecule has 3 heteroatoms. The highest BCUT2D eigenvalue weighted by Gasteiger charge is 2.30. The number of imidazole rings is 1. The molecule has 3 unspecified atom stereocenters. The first-order valence-electron chi connectivity index (χ1n) is 7.85. The topological polar surface area (TPSA) is 29.9 Å². The Morgan fingerprint density at radius 1 is 1.42 bits per heavy atom. The van der Waals surface area contributed by atoms with Gasteiger partial charge in [-0.05, 0) is 37.5 Å². The van der Waals surface area contributed by atoms with E-state index in [1.165, 1.54) is 25.1 Å². The molecule has 1 heterocycles. The Morgan fingerprint density at radius 3 is 2.89 bits per heavy atom. The highest BCUT2D eigenvalue weighted by Crippen LogP contribution is 2.33. The molecule has 1 aliphatic rings. The molecule has 0 aromatic carbocycles. The molecule has 1 fully saturated rings. The van der Waals surface area contributed by atoms with Crippen LogP contribution in [0.3, 0.4) is 0 Å². The van der Waals surface area contributed by atoms with Crippen LogP contribution in [0.1, 0.15) is 52.8 Å². The summed E-state index contributed by atoms with van der Waals surface area (Å²) in [5.74, 6) is 3.62. The molecule has 2 rings (SSSR count). The van der Waals surface area contributed by atoms with Gasteiger partial charge in [0.2, 0.25) is 0 Å². The molecule has 0 amide bonds. The first-order chi connectivity index (χ1) is 9.11. The highest BCUT2D eigenvalue weighted by molar-refractivity contribution is 4.94. The van der Waals surface area contributed by atoms with Crippen LogP contribution in [-0.2, 0) is 13.1 Å². The van der Waals surface area contributed by atoms with Crippen LogP contribution in [0.5, 0.6) is 0 Å². The molecule has 1 N–H and O–H groups in total. The predicted molar refractivity (Wildman–Crippen MR) is 79.9 cm³/mol. The zero-order valence-corrected chi connectivity index (χ0v) is 12.9. The molecule has 3 atom stereocenters. The van der Waals surface area contributed by atoms with Crippen LogP contribution in [0.2, 0.25) is 0 Å². The largest absolute Gasteiger partial charge is 0.334 e. The summed E-state index contributed by atoms with van der Waals surface area (Å²) in [6.07, 6.45) is 8.06. The van der Waals surface area contributed by atoms with E-state index in [1.807, 2.05) is 6.20 Å². The molecule has 19 heavy (non-hydrogen) atoms. The number of aryl methyl sites for hydroxylation is 1. The van der Waals surface area contributed by atoms with Crippen molar-refractivity contribution in [1.29, 1.82) is 0 Å². The minimum Gasteiger partial charge on any atom is -0.334 e. The van der Waals surface area contributed by atoms with Crippen molar-refractivity contribution < 1.29 is 0 Å². The van der Waals surface area contributed by atoms with Crippen molar-refractivity contribution in [2.24, 2.45) is 17.8 Å². The Labute approximate surface area is 117 Å².